The van der Waals surface area contributed by atoms with Crippen LogP contribution in [0.5, 0.6) is 0 Å². The number of carboxylic acid groups (broad SMARTS) is 1. The number of benzene rings is 1. The van der Waals surface area contributed by atoms with E-state index in [0.717, 1.165) is 19.5 Å². The van der Waals surface area contributed by atoms with Gasteiger partial charge in [0.2, 0.25) is 0 Å². The van der Waals surface area contributed by atoms with Crippen LogP contribution in [0.1, 0.15) is 40.0 Å². The molecule has 1 saturated heterocycles. The van der Waals surface area contributed by atoms with Crippen molar-refractivity contribution in [3.8, 4) is 0 Å². The Labute approximate surface area is 117 Å². The molecule has 2 aliphatic rings. The van der Waals surface area contributed by atoms with Crippen molar-refractivity contribution in [3.63, 3.8) is 0 Å². The van der Waals surface area contributed by atoms with E-state index in [1.807, 2.05) is 0 Å². The number of carbonyl (C=O) groups is 2. The zero-order chi connectivity index (χ0) is 14.1. The number of aromatic carboxylic acids is 1. The van der Waals surface area contributed by atoms with Crippen LogP contribution >= 0.6 is 0 Å². The lowest BCUT2D eigenvalue weighted by molar-refractivity contribution is 0.0690. The number of carboxylic acids is 1. The lowest BCUT2D eigenvalue weighted by atomic mass is 10.1. The minimum Gasteiger partial charge on any atom is -0.478 e. The largest absolute Gasteiger partial charge is 0.478 e. The normalized spacial score (nSPS) is 22.7. The van der Waals surface area contributed by atoms with Crippen LogP contribution in [0.4, 0.5) is 0 Å². The van der Waals surface area contributed by atoms with E-state index >= 15 is 0 Å². The van der Waals surface area contributed by atoms with Crippen LogP contribution in [-0.2, 0) is 0 Å². The SMILES string of the molecule is O=C(O)c1ccccc1C(=O)NC1CCN(C2CC2)C1. The molecule has 1 aliphatic heterocycles. The zero-order valence-electron chi connectivity index (χ0n) is 11.2. The van der Waals surface area contributed by atoms with E-state index in [4.69, 9.17) is 5.11 Å². The Morgan fingerprint density at radius 1 is 1.15 bits per heavy atom. The highest BCUT2D eigenvalue weighted by molar-refractivity contribution is 6.04. The Morgan fingerprint density at radius 3 is 2.50 bits per heavy atom. The van der Waals surface area contributed by atoms with E-state index in [2.05, 4.69) is 10.2 Å². The van der Waals surface area contributed by atoms with Crippen molar-refractivity contribution in [2.24, 2.45) is 0 Å². The Balaban J connectivity index is 1.66. The molecular weight excluding hydrogens is 256 g/mol. The molecule has 0 bridgehead atoms. The van der Waals surface area contributed by atoms with E-state index in [0.29, 0.717) is 6.04 Å². The van der Waals surface area contributed by atoms with Crippen LogP contribution in [0, 0.1) is 0 Å². The smallest absolute Gasteiger partial charge is 0.336 e. The topological polar surface area (TPSA) is 69.6 Å². The van der Waals surface area contributed by atoms with Crippen molar-refractivity contribution in [2.45, 2.75) is 31.3 Å². The number of nitrogens with zero attached hydrogens (tertiary/aromatic N) is 1. The van der Waals surface area contributed by atoms with E-state index in [9.17, 15) is 9.59 Å². The summed E-state index contributed by atoms with van der Waals surface area (Å²) in [6.07, 6.45) is 3.47. The molecule has 1 aliphatic carbocycles. The van der Waals surface area contributed by atoms with Crippen LogP contribution in [0.2, 0.25) is 0 Å². The second kappa shape index (κ2) is 5.25. The maximum Gasteiger partial charge on any atom is 0.336 e. The minimum absolute atomic E-state index is 0.0574. The van der Waals surface area contributed by atoms with Gasteiger partial charge in [0.05, 0.1) is 11.1 Å². The van der Waals surface area contributed by atoms with Gasteiger partial charge in [-0.1, -0.05) is 12.1 Å². The number of nitrogens with one attached hydrogen (secondary N) is 1. The first-order valence-electron chi connectivity index (χ1n) is 7.02. The van der Waals surface area contributed by atoms with Crippen LogP contribution in [0.3, 0.4) is 0 Å². The summed E-state index contributed by atoms with van der Waals surface area (Å²) >= 11 is 0. The third kappa shape index (κ3) is 2.67. The molecule has 1 saturated carbocycles. The standard InChI is InChI=1S/C15H18N2O3/c18-14(12-3-1-2-4-13(12)15(19)20)16-10-7-8-17(9-10)11-5-6-11/h1-4,10-11H,5-9H2,(H,16,18)(H,19,20). The van der Waals surface area contributed by atoms with Gasteiger partial charge < -0.3 is 10.4 Å². The Morgan fingerprint density at radius 2 is 1.85 bits per heavy atom. The summed E-state index contributed by atoms with van der Waals surface area (Å²) in [5, 5.41) is 12.1. The zero-order valence-corrected chi connectivity index (χ0v) is 11.2. The van der Waals surface area contributed by atoms with Crippen molar-refractivity contribution in [2.75, 3.05) is 13.1 Å². The number of amides is 1. The van der Waals surface area contributed by atoms with Crippen LogP contribution in [0.25, 0.3) is 0 Å². The molecule has 20 heavy (non-hydrogen) atoms. The van der Waals surface area contributed by atoms with E-state index in [1.165, 1.54) is 18.9 Å². The molecule has 1 aromatic carbocycles. The van der Waals surface area contributed by atoms with Crippen molar-refractivity contribution < 1.29 is 14.7 Å². The predicted molar refractivity (Wildman–Crippen MR) is 73.9 cm³/mol. The highest BCUT2D eigenvalue weighted by Gasteiger charge is 2.35. The summed E-state index contributed by atoms with van der Waals surface area (Å²) in [6, 6.07) is 7.18. The Bertz CT molecular complexity index is 540. The number of hydrogen-bond acceptors (Lipinski definition) is 3. The van der Waals surface area contributed by atoms with Gasteiger partial charge in [-0.25, -0.2) is 4.79 Å². The highest BCUT2D eigenvalue weighted by Crippen LogP contribution is 2.29. The number of hydrogen-bond donors (Lipinski definition) is 2. The van der Waals surface area contributed by atoms with E-state index in [1.54, 1.807) is 18.2 Å². The van der Waals surface area contributed by atoms with Crippen LogP contribution in [0.15, 0.2) is 24.3 Å². The monoisotopic (exact) mass is 274 g/mol. The van der Waals surface area contributed by atoms with Gasteiger partial charge in [0.15, 0.2) is 0 Å². The summed E-state index contributed by atoms with van der Waals surface area (Å²) in [5.41, 5.74) is 0.298. The lowest BCUT2D eigenvalue weighted by Gasteiger charge is -2.16. The third-order valence-corrected chi connectivity index (χ3v) is 4.02. The minimum atomic E-state index is -1.07. The molecule has 1 aromatic rings. The Kier molecular flexibility index (Phi) is 3.44. The molecule has 3 rings (SSSR count). The average Bonchev–Trinajstić information content (AvgIpc) is 3.19. The summed E-state index contributed by atoms with van der Waals surface area (Å²) in [4.78, 5) is 25.8. The predicted octanol–water partition coefficient (Wildman–Crippen LogP) is 1.35. The van der Waals surface area contributed by atoms with Crippen molar-refractivity contribution in [1.29, 1.82) is 0 Å². The van der Waals surface area contributed by atoms with E-state index < -0.39 is 5.97 Å². The fourth-order valence-electron chi connectivity index (χ4n) is 2.81. The van der Waals surface area contributed by atoms with Gasteiger partial charge in [0.25, 0.3) is 5.91 Å². The number of rotatable bonds is 4. The molecule has 106 valence electrons. The summed E-state index contributed by atoms with van der Waals surface area (Å²) in [5.74, 6) is -1.35. The molecular formula is C15H18N2O3. The summed E-state index contributed by atoms with van der Waals surface area (Å²) < 4.78 is 0. The quantitative estimate of drug-likeness (QED) is 0.869. The first kappa shape index (κ1) is 13.1. The van der Waals surface area contributed by atoms with Crippen molar-refractivity contribution in [3.05, 3.63) is 35.4 Å². The fourth-order valence-corrected chi connectivity index (χ4v) is 2.81. The molecule has 5 heteroatoms. The molecule has 5 nitrogen and oxygen atoms in total. The highest BCUT2D eigenvalue weighted by atomic mass is 16.4. The Hall–Kier alpha value is -1.88. The van der Waals surface area contributed by atoms with Gasteiger partial charge in [-0.2, -0.15) is 0 Å². The van der Waals surface area contributed by atoms with Crippen molar-refractivity contribution >= 4 is 11.9 Å². The van der Waals surface area contributed by atoms with Gasteiger partial charge in [-0.15, -0.1) is 0 Å². The van der Waals surface area contributed by atoms with Gasteiger partial charge in [0, 0.05) is 25.2 Å². The lowest BCUT2D eigenvalue weighted by Crippen LogP contribution is -2.38. The maximum atomic E-state index is 12.2. The van der Waals surface area contributed by atoms with Gasteiger partial charge in [-0.05, 0) is 31.4 Å². The average molecular weight is 274 g/mol. The summed E-state index contributed by atoms with van der Waals surface area (Å²) in [7, 11) is 0. The second-order valence-corrected chi connectivity index (χ2v) is 5.54. The van der Waals surface area contributed by atoms with Gasteiger partial charge in [-0.3, -0.25) is 9.69 Å². The van der Waals surface area contributed by atoms with Gasteiger partial charge >= 0.3 is 5.97 Å². The molecule has 2 N–H and O–H groups in total. The first-order chi connectivity index (χ1) is 9.65. The molecule has 1 atom stereocenters. The fraction of sp³-hybridized carbons (Fsp3) is 0.467. The number of likely N-dealkylation sites (tertiary alicyclic amines) is 1. The molecule has 2 fully saturated rings. The first-order valence-corrected chi connectivity index (χ1v) is 7.02. The van der Waals surface area contributed by atoms with Gasteiger partial charge in [0.1, 0.15) is 0 Å². The maximum absolute atomic E-state index is 12.2. The molecule has 0 aromatic heterocycles. The molecule has 1 unspecified atom stereocenters. The van der Waals surface area contributed by atoms with Crippen molar-refractivity contribution in [1.82, 2.24) is 10.2 Å². The second-order valence-electron chi connectivity index (χ2n) is 5.54. The van der Waals surface area contributed by atoms with Crippen LogP contribution < -0.4 is 5.32 Å². The molecule has 1 amide bonds. The molecule has 0 radical (unpaired) electrons. The van der Waals surface area contributed by atoms with Crippen LogP contribution in [-0.4, -0.2) is 47.1 Å². The number of carbonyl (C=O) groups excluding carboxylic acids is 1. The summed E-state index contributed by atoms with van der Waals surface area (Å²) in [6.45, 7) is 1.90. The molecule has 1 heterocycles. The molecule has 0 spiro atoms. The third-order valence-electron chi connectivity index (χ3n) is 4.02. The van der Waals surface area contributed by atoms with E-state index in [-0.39, 0.29) is 23.1 Å².